The molecule has 1 aliphatic rings. The summed E-state index contributed by atoms with van der Waals surface area (Å²) in [5.41, 5.74) is 1.05. The lowest BCUT2D eigenvalue weighted by Crippen LogP contribution is -2.40. The number of piperidine rings is 1. The molecule has 6 nitrogen and oxygen atoms in total. The number of para-hydroxylation sites is 1. The second kappa shape index (κ2) is 7.52. The minimum Gasteiger partial charge on any atom is -0.496 e. The number of likely N-dealkylation sites (tertiary alicyclic amines) is 1. The molecular weight excluding hydrogens is 314 g/mol. The van der Waals surface area contributed by atoms with Crippen LogP contribution < -0.4 is 4.74 Å². The molecule has 7 heteroatoms. The maximum Gasteiger partial charge on any atom is 0.267 e. The van der Waals surface area contributed by atoms with Crippen LogP contribution in [0.25, 0.3) is 0 Å². The summed E-state index contributed by atoms with van der Waals surface area (Å²) in [6.07, 6.45) is 3.38. The summed E-state index contributed by atoms with van der Waals surface area (Å²) in [7, 11) is 1.66. The van der Waals surface area contributed by atoms with Crippen LogP contribution in [0.5, 0.6) is 5.75 Å². The Morgan fingerprint density at radius 2 is 2.13 bits per heavy atom. The summed E-state index contributed by atoms with van der Waals surface area (Å²) in [4.78, 5) is 14.7. The summed E-state index contributed by atoms with van der Waals surface area (Å²) in [6.45, 7) is 1.93. The van der Waals surface area contributed by atoms with Crippen molar-refractivity contribution in [3.05, 3.63) is 40.9 Å². The van der Waals surface area contributed by atoms with Crippen LogP contribution in [-0.4, -0.2) is 46.7 Å². The van der Waals surface area contributed by atoms with Crippen molar-refractivity contribution in [1.82, 2.24) is 14.5 Å². The fourth-order valence-electron chi connectivity index (χ4n) is 2.67. The van der Waals surface area contributed by atoms with Gasteiger partial charge in [-0.2, -0.15) is 0 Å². The van der Waals surface area contributed by atoms with Gasteiger partial charge in [0.25, 0.3) is 5.91 Å². The number of benzene rings is 1. The predicted molar refractivity (Wildman–Crippen MR) is 86.6 cm³/mol. The Hall–Kier alpha value is -1.99. The van der Waals surface area contributed by atoms with Gasteiger partial charge in [-0.25, -0.2) is 0 Å². The molecule has 0 bridgehead atoms. The number of hydrogen-bond acceptors (Lipinski definition) is 6. The van der Waals surface area contributed by atoms with Crippen molar-refractivity contribution in [2.75, 3.05) is 20.2 Å². The molecule has 0 radical (unpaired) electrons. The average Bonchev–Trinajstić information content (AvgIpc) is 3.14. The normalized spacial score (nSPS) is 15.6. The Bertz CT molecular complexity index is 640. The lowest BCUT2D eigenvalue weighted by atomic mass is 10.1. The first kappa shape index (κ1) is 15.9. The molecule has 0 atom stereocenters. The standard InChI is InChI=1S/C16H19N3O3S/c1-21-14-5-3-2-4-12(14)11-22-13-6-8-19(9-7-13)16(20)15-10-17-18-23-15/h2-5,10,13H,6-9,11H2,1H3. The molecule has 23 heavy (non-hydrogen) atoms. The molecule has 1 aromatic carbocycles. The molecule has 1 amide bonds. The van der Waals surface area contributed by atoms with Crippen LogP contribution >= 0.6 is 11.5 Å². The van der Waals surface area contributed by atoms with Crippen LogP contribution in [0.15, 0.2) is 30.5 Å². The van der Waals surface area contributed by atoms with Gasteiger partial charge in [-0.3, -0.25) is 4.79 Å². The fraction of sp³-hybridized carbons (Fsp3) is 0.438. The number of nitrogens with zero attached hydrogens (tertiary/aromatic N) is 3. The number of amides is 1. The fourth-order valence-corrected chi connectivity index (χ4v) is 3.16. The third kappa shape index (κ3) is 3.86. The van der Waals surface area contributed by atoms with Gasteiger partial charge in [-0.1, -0.05) is 22.7 Å². The van der Waals surface area contributed by atoms with Crippen molar-refractivity contribution in [1.29, 1.82) is 0 Å². The molecule has 0 unspecified atom stereocenters. The van der Waals surface area contributed by atoms with E-state index in [0.29, 0.717) is 24.6 Å². The van der Waals surface area contributed by atoms with Gasteiger partial charge in [0.05, 0.1) is 26.0 Å². The van der Waals surface area contributed by atoms with E-state index in [0.717, 1.165) is 35.7 Å². The van der Waals surface area contributed by atoms with Gasteiger partial charge >= 0.3 is 0 Å². The lowest BCUT2D eigenvalue weighted by Gasteiger charge is -2.31. The van der Waals surface area contributed by atoms with Gasteiger partial charge < -0.3 is 14.4 Å². The van der Waals surface area contributed by atoms with Crippen LogP contribution in [0.3, 0.4) is 0 Å². The number of carbonyl (C=O) groups excluding carboxylic acids is 1. The third-order valence-electron chi connectivity index (χ3n) is 3.97. The zero-order chi connectivity index (χ0) is 16.1. The molecule has 0 N–H and O–H groups in total. The molecular formula is C16H19N3O3S. The number of rotatable bonds is 5. The van der Waals surface area contributed by atoms with Gasteiger partial charge in [-0.05, 0) is 30.4 Å². The number of aromatic nitrogens is 2. The van der Waals surface area contributed by atoms with Crippen molar-refractivity contribution in [2.45, 2.75) is 25.6 Å². The van der Waals surface area contributed by atoms with Crippen molar-refractivity contribution in [3.63, 3.8) is 0 Å². The van der Waals surface area contributed by atoms with Crippen LogP contribution in [0, 0.1) is 0 Å². The largest absolute Gasteiger partial charge is 0.496 e. The second-order valence-corrected chi connectivity index (χ2v) is 6.18. The zero-order valence-corrected chi connectivity index (χ0v) is 13.8. The Balaban J connectivity index is 1.49. The Morgan fingerprint density at radius 3 is 2.83 bits per heavy atom. The SMILES string of the molecule is COc1ccccc1COC1CCN(C(=O)c2cnns2)CC1. The van der Waals surface area contributed by atoms with E-state index in [-0.39, 0.29) is 12.0 Å². The number of ether oxygens (including phenoxy) is 2. The van der Waals surface area contributed by atoms with Gasteiger partial charge in [0, 0.05) is 18.7 Å². The van der Waals surface area contributed by atoms with Gasteiger partial charge in [-0.15, -0.1) is 5.10 Å². The van der Waals surface area contributed by atoms with Crippen LogP contribution in [0.2, 0.25) is 0 Å². The van der Waals surface area contributed by atoms with E-state index in [4.69, 9.17) is 9.47 Å². The highest BCUT2D eigenvalue weighted by atomic mass is 32.1. The summed E-state index contributed by atoms with van der Waals surface area (Å²) >= 11 is 1.14. The molecule has 1 aromatic heterocycles. The molecule has 0 spiro atoms. The van der Waals surface area contributed by atoms with Crippen molar-refractivity contribution >= 4 is 17.4 Å². The highest BCUT2D eigenvalue weighted by Crippen LogP contribution is 2.22. The highest BCUT2D eigenvalue weighted by Gasteiger charge is 2.25. The summed E-state index contributed by atoms with van der Waals surface area (Å²) in [6, 6.07) is 7.86. The molecule has 3 rings (SSSR count). The molecule has 122 valence electrons. The molecule has 1 fully saturated rings. The number of hydrogen-bond donors (Lipinski definition) is 0. The molecule has 2 heterocycles. The van der Waals surface area contributed by atoms with Gasteiger partial charge in [0.1, 0.15) is 10.6 Å². The molecule has 1 aliphatic heterocycles. The first-order valence-corrected chi connectivity index (χ1v) is 8.35. The van der Waals surface area contributed by atoms with Crippen molar-refractivity contribution in [3.8, 4) is 5.75 Å². The van der Waals surface area contributed by atoms with Crippen molar-refractivity contribution < 1.29 is 14.3 Å². The minimum absolute atomic E-state index is 0.0168. The van der Waals surface area contributed by atoms with Crippen LogP contribution in [0.1, 0.15) is 28.1 Å². The number of carbonyl (C=O) groups is 1. The molecule has 1 saturated heterocycles. The first-order valence-electron chi connectivity index (χ1n) is 7.58. The van der Waals surface area contributed by atoms with E-state index in [2.05, 4.69) is 9.59 Å². The Morgan fingerprint density at radius 1 is 1.35 bits per heavy atom. The highest BCUT2D eigenvalue weighted by molar-refractivity contribution is 7.07. The number of methoxy groups -OCH3 is 1. The molecule has 0 aliphatic carbocycles. The average molecular weight is 333 g/mol. The van der Waals surface area contributed by atoms with E-state index >= 15 is 0 Å². The van der Waals surface area contributed by atoms with Crippen LogP contribution in [0.4, 0.5) is 0 Å². The Labute approximate surface area is 139 Å². The minimum atomic E-state index is 0.0168. The maximum atomic E-state index is 12.2. The van der Waals surface area contributed by atoms with Crippen LogP contribution in [-0.2, 0) is 11.3 Å². The molecule has 0 saturated carbocycles. The second-order valence-electron chi connectivity index (χ2n) is 5.40. The van der Waals surface area contributed by atoms with E-state index in [1.54, 1.807) is 7.11 Å². The lowest BCUT2D eigenvalue weighted by molar-refractivity contribution is -0.000857. The van der Waals surface area contributed by atoms with E-state index in [1.165, 1.54) is 6.20 Å². The quantitative estimate of drug-likeness (QED) is 0.840. The third-order valence-corrected chi connectivity index (χ3v) is 4.62. The van der Waals surface area contributed by atoms with Crippen molar-refractivity contribution in [2.24, 2.45) is 0 Å². The zero-order valence-electron chi connectivity index (χ0n) is 13.0. The smallest absolute Gasteiger partial charge is 0.267 e. The maximum absolute atomic E-state index is 12.2. The predicted octanol–water partition coefficient (Wildman–Crippen LogP) is 2.37. The molecule has 2 aromatic rings. The van der Waals surface area contributed by atoms with E-state index in [1.807, 2.05) is 29.2 Å². The van der Waals surface area contributed by atoms with Gasteiger partial charge in [0.15, 0.2) is 0 Å². The summed E-state index contributed by atoms with van der Waals surface area (Å²) < 4.78 is 15.1. The van der Waals surface area contributed by atoms with E-state index in [9.17, 15) is 4.79 Å². The summed E-state index contributed by atoms with van der Waals surface area (Å²) in [5.74, 6) is 0.862. The van der Waals surface area contributed by atoms with E-state index < -0.39 is 0 Å². The van der Waals surface area contributed by atoms with Gasteiger partial charge in [0.2, 0.25) is 0 Å². The first-order chi connectivity index (χ1) is 11.3. The Kier molecular flexibility index (Phi) is 5.19. The summed E-state index contributed by atoms with van der Waals surface area (Å²) in [5, 5.41) is 3.72. The topological polar surface area (TPSA) is 64.6 Å². The monoisotopic (exact) mass is 333 g/mol.